The molecule has 1 saturated carbocycles. The zero-order valence-electron chi connectivity index (χ0n) is 12.9. The van der Waals surface area contributed by atoms with Gasteiger partial charge in [0, 0.05) is 37.1 Å². The van der Waals surface area contributed by atoms with Crippen molar-refractivity contribution in [2.45, 2.75) is 32.4 Å². The molecule has 1 aliphatic heterocycles. The molecule has 1 aromatic rings. The highest BCUT2D eigenvalue weighted by Gasteiger charge is 2.61. The molecule has 3 atom stereocenters. The van der Waals surface area contributed by atoms with Crippen molar-refractivity contribution in [3.8, 4) is 0 Å². The zero-order chi connectivity index (χ0) is 16.1. The Kier molecular flexibility index (Phi) is 3.59. The molecule has 6 heteroatoms. The summed E-state index contributed by atoms with van der Waals surface area (Å²) in [4.78, 5) is 14.0. The highest BCUT2D eigenvalue weighted by molar-refractivity contribution is 5.89. The number of amides is 2. The van der Waals surface area contributed by atoms with E-state index in [1.165, 1.54) is 6.07 Å². The molecule has 0 spiro atoms. The number of nitrogens with one attached hydrogen (secondary N) is 1. The first-order chi connectivity index (χ1) is 10.3. The number of carbonyl (C=O) groups excluding carboxylic acids is 1. The van der Waals surface area contributed by atoms with Crippen LogP contribution in [-0.4, -0.2) is 36.7 Å². The van der Waals surface area contributed by atoms with Crippen LogP contribution in [0.3, 0.4) is 0 Å². The van der Waals surface area contributed by atoms with E-state index in [0.717, 1.165) is 25.2 Å². The summed E-state index contributed by atoms with van der Waals surface area (Å²) >= 11 is 0. The van der Waals surface area contributed by atoms with Crippen molar-refractivity contribution in [2.75, 3.05) is 19.0 Å². The minimum absolute atomic E-state index is 0.0189. The molecule has 2 aliphatic rings. The van der Waals surface area contributed by atoms with Crippen molar-refractivity contribution in [2.24, 2.45) is 11.3 Å². The molecular weight excluding hydrogens is 290 g/mol. The van der Waals surface area contributed by atoms with E-state index >= 15 is 0 Å². The van der Waals surface area contributed by atoms with Gasteiger partial charge in [-0.2, -0.15) is 0 Å². The largest absolute Gasteiger partial charge is 0.377 e. The fourth-order valence-electron chi connectivity index (χ4n) is 4.00. The van der Waals surface area contributed by atoms with Gasteiger partial charge in [0.2, 0.25) is 0 Å². The summed E-state index contributed by atoms with van der Waals surface area (Å²) in [5.74, 6) is -1.13. The number of ether oxygens (including phenoxy) is 1. The number of urea groups is 1. The van der Waals surface area contributed by atoms with Crippen LogP contribution in [-0.2, 0) is 4.74 Å². The van der Waals surface area contributed by atoms with E-state index in [1.807, 2.05) is 0 Å². The van der Waals surface area contributed by atoms with Crippen LogP contribution in [0.25, 0.3) is 0 Å². The van der Waals surface area contributed by atoms with Crippen molar-refractivity contribution in [3.63, 3.8) is 0 Å². The summed E-state index contributed by atoms with van der Waals surface area (Å²) in [5, 5.41) is 2.51. The molecule has 3 rings (SSSR count). The number of carbonyl (C=O) groups is 1. The Morgan fingerprint density at radius 1 is 1.41 bits per heavy atom. The maximum atomic E-state index is 13.6. The molecule has 0 bridgehead atoms. The molecule has 4 nitrogen and oxygen atoms in total. The van der Waals surface area contributed by atoms with Crippen molar-refractivity contribution in [1.82, 2.24) is 4.90 Å². The third kappa shape index (κ3) is 2.26. The average molecular weight is 310 g/mol. The molecule has 0 aromatic heterocycles. The summed E-state index contributed by atoms with van der Waals surface area (Å²) in [5.41, 5.74) is -0.149. The van der Waals surface area contributed by atoms with Crippen LogP contribution in [0, 0.1) is 23.0 Å². The zero-order valence-corrected chi connectivity index (χ0v) is 12.9. The van der Waals surface area contributed by atoms with Crippen LogP contribution in [0.4, 0.5) is 19.3 Å². The summed E-state index contributed by atoms with van der Waals surface area (Å²) < 4.78 is 32.3. The van der Waals surface area contributed by atoms with E-state index in [1.54, 1.807) is 11.9 Å². The lowest BCUT2D eigenvalue weighted by Crippen LogP contribution is -2.67. The number of halogens is 2. The third-order valence-corrected chi connectivity index (χ3v) is 4.95. The maximum absolute atomic E-state index is 13.6. The molecule has 120 valence electrons. The van der Waals surface area contributed by atoms with Gasteiger partial charge >= 0.3 is 6.03 Å². The van der Waals surface area contributed by atoms with E-state index < -0.39 is 17.7 Å². The fourth-order valence-corrected chi connectivity index (χ4v) is 4.00. The molecule has 1 heterocycles. The Balaban J connectivity index is 1.72. The van der Waals surface area contributed by atoms with Gasteiger partial charge in [0.1, 0.15) is 11.6 Å². The summed E-state index contributed by atoms with van der Waals surface area (Å²) in [6, 6.07) is 2.75. The number of benzene rings is 1. The Morgan fingerprint density at radius 2 is 2.14 bits per heavy atom. The Morgan fingerprint density at radius 3 is 2.82 bits per heavy atom. The van der Waals surface area contributed by atoms with Gasteiger partial charge in [-0.25, -0.2) is 13.6 Å². The molecule has 2 amide bonds. The van der Waals surface area contributed by atoms with Crippen LogP contribution in [0.2, 0.25) is 0 Å². The normalized spacial score (nSPS) is 28.7. The van der Waals surface area contributed by atoms with Gasteiger partial charge in [-0.15, -0.1) is 0 Å². The average Bonchev–Trinajstić information content (AvgIpc) is 2.88. The minimum atomic E-state index is -0.781. The number of nitrogens with zero attached hydrogens (tertiary/aromatic N) is 1. The smallest absolute Gasteiger partial charge is 0.321 e. The van der Waals surface area contributed by atoms with Crippen LogP contribution >= 0.6 is 0 Å². The van der Waals surface area contributed by atoms with E-state index in [0.29, 0.717) is 5.92 Å². The van der Waals surface area contributed by atoms with Gasteiger partial charge < -0.3 is 15.0 Å². The molecule has 1 N–H and O–H groups in total. The van der Waals surface area contributed by atoms with Crippen LogP contribution in [0.5, 0.6) is 0 Å². The number of anilines is 1. The van der Waals surface area contributed by atoms with Crippen LogP contribution in [0.15, 0.2) is 18.2 Å². The lowest BCUT2D eigenvalue weighted by molar-refractivity contribution is -0.137. The van der Waals surface area contributed by atoms with E-state index in [9.17, 15) is 13.6 Å². The van der Waals surface area contributed by atoms with Crippen molar-refractivity contribution < 1.29 is 18.3 Å². The SMILES string of the molecule is CN(C(=O)Nc1ccc(F)cc1F)[C@@H]1[C@H]2CCO[C@@H]2C1(C)C. The highest BCUT2D eigenvalue weighted by atomic mass is 19.1. The molecule has 0 unspecified atom stereocenters. The molecule has 1 aromatic carbocycles. The van der Waals surface area contributed by atoms with Gasteiger partial charge in [-0.3, -0.25) is 0 Å². The van der Waals surface area contributed by atoms with E-state index in [2.05, 4.69) is 19.2 Å². The highest BCUT2D eigenvalue weighted by Crippen LogP contribution is 2.54. The molecule has 2 fully saturated rings. The summed E-state index contributed by atoms with van der Waals surface area (Å²) in [6.45, 7) is 4.87. The topological polar surface area (TPSA) is 41.6 Å². The Hall–Kier alpha value is -1.69. The van der Waals surface area contributed by atoms with E-state index in [-0.39, 0.29) is 23.2 Å². The molecule has 1 saturated heterocycles. The second-order valence-corrected chi connectivity index (χ2v) is 6.68. The molecule has 1 aliphatic carbocycles. The lowest BCUT2D eigenvalue weighted by atomic mass is 9.57. The predicted molar refractivity (Wildman–Crippen MR) is 78.6 cm³/mol. The van der Waals surface area contributed by atoms with E-state index in [4.69, 9.17) is 4.74 Å². The minimum Gasteiger partial charge on any atom is -0.377 e. The first-order valence-corrected chi connectivity index (χ1v) is 7.43. The van der Waals surface area contributed by atoms with Gasteiger partial charge in [0.05, 0.1) is 11.8 Å². The van der Waals surface area contributed by atoms with Gasteiger partial charge in [-0.05, 0) is 18.6 Å². The standard InChI is InChI=1S/C16H20F2N2O2/c1-16(2)13(10-6-7-22-14(10)16)20(3)15(21)19-12-5-4-9(17)8-11(12)18/h4-5,8,10,13-14H,6-7H2,1-3H3,(H,19,21)/t10-,13-,14+/m1/s1. The molecule has 22 heavy (non-hydrogen) atoms. The lowest BCUT2D eigenvalue weighted by Gasteiger charge is -2.57. The summed E-state index contributed by atoms with van der Waals surface area (Å²) in [6.07, 6.45) is 1.11. The van der Waals surface area contributed by atoms with Gasteiger partial charge in [-0.1, -0.05) is 13.8 Å². The number of hydrogen-bond donors (Lipinski definition) is 1. The molecule has 0 radical (unpaired) electrons. The maximum Gasteiger partial charge on any atom is 0.321 e. The van der Waals surface area contributed by atoms with Gasteiger partial charge in [0.25, 0.3) is 0 Å². The number of rotatable bonds is 2. The predicted octanol–water partition coefficient (Wildman–Crippen LogP) is 3.24. The van der Waals surface area contributed by atoms with Crippen molar-refractivity contribution >= 4 is 11.7 Å². The first kappa shape index (κ1) is 15.2. The van der Waals surface area contributed by atoms with Crippen molar-refractivity contribution in [1.29, 1.82) is 0 Å². The quantitative estimate of drug-likeness (QED) is 0.911. The number of hydrogen-bond acceptors (Lipinski definition) is 2. The van der Waals surface area contributed by atoms with Crippen LogP contribution < -0.4 is 5.32 Å². The fraction of sp³-hybridized carbons (Fsp3) is 0.562. The van der Waals surface area contributed by atoms with Crippen LogP contribution in [0.1, 0.15) is 20.3 Å². The second-order valence-electron chi connectivity index (χ2n) is 6.68. The summed E-state index contributed by atoms with van der Waals surface area (Å²) in [7, 11) is 1.71. The second kappa shape index (κ2) is 5.19. The monoisotopic (exact) mass is 310 g/mol. The van der Waals surface area contributed by atoms with Gasteiger partial charge in [0.15, 0.2) is 0 Å². The Labute approximate surface area is 128 Å². The first-order valence-electron chi connectivity index (χ1n) is 7.43. The van der Waals surface area contributed by atoms with Crippen molar-refractivity contribution in [3.05, 3.63) is 29.8 Å². The number of fused-ring (bicyclic) bond motifs is 1. The Bertz CT molecular complexity index is 606. The molecular formula is C16H20F2N2O2. The third-order valence-electron chi connectivity index (χ3n) is 4.95.